The lowest BCUT2D eigenvalue weighted by atomic mass is 9.84. The lowest BCUT2D eigenvalue weighted by molar-refractivity contribution is -0.0270. The molecule has 35 heavy (non-hydrogen) atoms. The molecule has 0 spiro atoms. The Morgan fingerprint density at radius 1 is 1.09 bits per heavy atom. The first-order valence-electron chi connectivity index (χ1n) is 11.6. The van der Waals surface area contributed by atoms with Crippen molar-refractivity contribution in [3.63, 3.8) is 0 Å². The minimum absolute atomic E-state index is 0.0129. The Labute approximate surface area is 202 Å². The zero-order chi connectivity index (χ0) is 24.3. The van der Waals surface area contributed by atoms with Gasteiger partial charge in [0.2, 0.25) is 5.88 Å². The van der Waals surface area contributed by atoms with Crippen LogP contribution in [0, 0.1) is 5.82 Å². The first kappa shape index (κ1) is 22.9. The summed E-state index contributed by atoms with van der Waals surface area (Å²) in [5.74, 6) is 0.481. The van der Waals surface area contributed by atoms with Crippen molar-refractivity contribution in [1.29, 1.82) is 0 Å². The predicted molar refractivity (Wildman–Crippen MR) is 129 cm³/mol. The van der Waals surface area contributed by atoms with Gasteiger partial charge in [-0.15, -0.1) is 0 Å². The van der Waals surface area contributed by atoms with Crippen molar-refractivity contribution in [3.05, 3.63) is 78.5 Å². The minimum Gasteiger partial charge on any atom is -0.437 e. The van der Waals surface area contributed by atoms with Gasteiger partial charge in [0.15, 0.2) is 0 Å². The maximum atomic E-state index is 13.3. The monoisotopic (exact) mass is 475 g/mol. The van der Waals surface area contributed by atoms with Crippen LogP contribution in [0.2, 0.25) is 0 Å². The second kappa shape index (κ2) is 9.79. The molecule has 9 heteroatoms. The number of amides is 1. The van der Waals surface area contributed by atoms with E-state index in [-0.39, 0.29) is 17.8 Å². The smallest absolute Gasteiger partial charge is 0.272 e. The Morgan fingerprint density at radius 2 is 1.89 bits per heavy atom. The van der Waals surface area contributed by atoms with Crippen LogP contribution in [0.15, 0.2) is 72.1 Å². The standard InChI is InChI=1S/C26H26FN5O3/c27-19-4-6-20(7-5-19)32-21(10-14-30-32)17-26(34)11-15-31(16-12-26)25(33)23-9-8-22(18-29-23)35-24-3-1-2-13-28-24/h1-9,13-14,18,21,34H,10-12,15-17H2. The Morgan fingerprint density at radius 3 is 2.57 bits per heavy atom. The largest absolute Gasteiger partial charge is 0.437 e. The number of pyridine rings is 2. The Kier molecular flexibility index (Phi) is 6.41. The fraction of sp³-hybridized carbons (Fsp3) is 0.308. The molecule has 0 saturated carbocycles. The van der Waals surface area contributed by atoms with E-state index in [0.717, 1.165) is 5.69 Å². The zero-order valence-electron chi connectivity index (χ0n) is 19.1. The summed E-state index contributed by atoms with van der Waals surface area (Å²) in [6, 6.07) is 14.9. The highest BCUT2D eigenvalue weighted by atomic mass is 19.1. The quantitative estimate of drug-likeness (QED) is 0.579. The molecule has 2 aliphatic rings. The Hall–Kier alpha value is -3.85. The summed E-state index contributed by atoms with van der Waals surface area (Å²) in [4.78, 5) is 23.0. The number of likely N-dealkylation sites (tertiary alicyclic amines) is 1. The van der Waals surface area contributed by atoms with Gasteiger partial charge in [0.05, 0.1) is 23.5 Å². The third-order valence-corrected chi connectivity index (χ3v) is 6.43. The summed E-state index contributed by atoms with van der Waals surface area (Å²) < 4.78 is 18.9. The van der Waals surface area contributed by atoms with E-state index in [1.54, 1.807) is 47.5 Å². The number of rotatable bonds is 6. The molecule has 1 aromatic carbocycles. The molecule has 1 N–H and O–H groups in total. The summed E-state index contributed by atoms with van der Waals surface area (Å²) in [7, 11) is 0. The highest BCUT2D eigenvalue weighted by Crippen LogP contribution is 2.33. The van der Waals surface area contributed by atoms with Crippen LogP contribution in [0.4, 0.5) is 10.1 Å². The van der Waals surface area contributed by atoms with Crippen molar-refractivity contribution in [2.45, 2.75) is 37.3 Å². The molecule has 1 unspecified atom stereocenters. The molecule has 4 heterocycles. The van der Waals surface area contributed by atoms with E-state index in [1.165, 1.54) is 18.3 Å². The average Bonchev–Trinajstić information content (AvgIpc) is 3.33. The van der Waals surface area contributed by atoms with Crippen molar-refractivity contribution in [1.82, 2.24) is 14.9 Å². The molecule has 1 saturated heterocycles. The molecule has 2 aliphatic heterocycles. The molecule has 0 aliphatic carbocycles. The number of hydrazone groups is 1. The van der Waals surface area contributed by atoms with Gasteiger partial charge in [-0.25, -0.2) is 14.4 Å². The van der Waals surface area contributed by atoms with Crippen LogP contribution >= 0.6 is 0 Å². The van der Waals surface area contributed by atoms with Crippen molar-refractivity contribution in [2.75, 3.05) is 18.1 Å². The molecule has 2 aromatic heterocycles. The molecule has 1 atom stereocenters. The first-order valence-corrected chi connectivity index (χ1v) is 11.6. The van der Waals surface area contributed by atoms with Crippen LogP contribution in [-0.4, -0.2) is 56.8 Å². The fourth-order valence-electron chi connectivity index (χ4n) is 4.52. The van der Waals surface area contributed by atoms with Crippen LogP contribution in [0.25, 0.3) is 0 Å². The van der Waals surface area contributed by atoms with E-state index in [2.05, 4.69) is 15.1 Å². The molecule has 1 amide bonds. The number of benzene rings is 1. The van der Waals surface area contributed by atoms with E-state index < -0.39 is 5.60 Å². The molecule has 0 bridgehead atoms. The number of hydrogen-bond donors (Lipinski definition) is 1. The number of hydrogen-bond acceptors (Lipinski definition) is 7. The van der Waals surface area contributed by atoms with E-state index in [0.29, 0.717) is 56.1 Å². The van der Waals surface area contributed by atoms with Gasteiger partial charge >= 0.3 is 0 Å². The second-order valence-corrected chi connectivity index (χ2v) is 8.88. The maximum absolute atomic E-state index is 13.3. The number of carbonyl (C=O) groups excluding carboxylic acids is 1. The van der Waals surface area contributed by atoms with Gasteiger partial charge in [-0.05, 0) is 61.7 Å². The number of ether oxygens (including phenoxy) is 1. The zero-order valence-corrected chi connectivity index (χ0v) is 19.1. The van der Waals surface area contributed by atoms with Crippen LogP contribution in [-0.2, 0) is 0 Å². The van der Waals surface area contributed by atoms with Crippen molar-refractivity contribution < 1.29 is 19.0 Å². The lowest BCUT2D eigenvalue weighted by Crippen LogP contribution is -2.49. The minimum atomic E-state index is -0.902. The van der Waals surface area contributed by atoms with E-state index in [1.807, 2.05) is 17.3 Å². The van der Waals surface area contributed by atoms with Crippen LogP contribution in [0.5, 0.6) is 11.6 Å². The number of aliphatic hydroxyl groups is 1. The summed E-state index contributed by atoms with van der Waals surface area (Å²) >= 11 is 0. The summed E-state index contributed by atoms with van der Waals surface area (Å²) in [6.45, 7) is 0.876. The SMILES string of the molecule is O=C(c1ccc(Oc2ccccn2)cn1)N1CCC(O)(CC2CC=NN2c2ccc(F)cc2)CC1. The van der Waals surface area contributed by atoms with Crippen molar-refractivity contribution in [2.24, 2.45) is 5.10 Å². The van der Waals surface area contributed by atoms with Gasteiger partial charge < -0.3 is 14.7 Å². The second-order valence-electron chi connectivity index (χ2n) is 8.88. The topological polar surface area (TPSA) is 91.1 Å². The maximum Gasteiger partial charge on any atom is 0.272 e. The van der Waals surface area contributed by atoms with Gasteiger partial charge in [-0.1, -0.05) is 6.07 Å². The van der Waals surface area contributed by atoms with Gasteiger partial charge in [0.25, 0.3) is 5.91 Å². The molecular weight excluding hydrogens is 449 g/mol. The van der Waals surface area contributed by atoms with Crippen molar-refractivity contribution >= 4 is 17.8 Å². The predicted octanol–water partition coefficient (Wildman–Crippen LogP) is 4.03. The molecule has 3 aromatic rings. The third kappa shape index (κ3) is 5.30. The summed E-state index contributed by atoms with van der Waals surface area (Å²) in [5, 5.41) is 17.5. The normalized spacial score (nSPS) is 19.1. The first-order chi connectivity index (χ1) is 17.0. The Bertz CT molecular complexity index is 1180. The summed E-state index contributed by atoms with van der Waals surface area (Å²) in [5.41, 5.74) is 0.222. The van der Waals surface area contributed by atoms with Crippen LogP contribution < -0.4 is 9.75 Å². The molecule has 8 nitrogen and oxygen atoms in total. The fourth-order valence-corrected chi connectivity index (χ4v) is 4.52. The number of anilines is 1. The van der Waals surface area contributed by atoms with E-state index in [4.69, 9.17) is 4.74 Å². The van der Waals surface area contributed by atoms with E-state index >= 15 is 0 Å². The van der Waals surface area contributed by atoms with Crippen LogP contribution in [0.1, 0.15) is 36.2 Å². The molecule has 0 radical (unpaired) electrons. The van der Waals surface area contributed by atoms with E-state index in [9.17, 15) is 14.3 Å². The molecule has 5 rings (SSSR count). The van der Waals surface area contributed by atoms with Gasteiger partial charge in [-0.3, -0.25) is 9.80 Å². The average molecular weight is 476 g/mol. The number of halogens is 1. The summed E-state index contributed by atoms with van der Waals surface area (Å²) in [6.07, 6.45) is 7.12. The lowest BCUT2D eigenvalue weighted by Gasteiger charge is -2.40. The van der Waals surface area contributed by atoms with Gasteiger partial charge in [0.1, 0.15) is 17.3 Å². The molecular formula is C26H26FN5O3. The third-order valence-electron chi connectivity index (χ3n) is 6.43. The number of carbonyl (C=O) groups is 1. The van der Waals surface area contributed by atoms with Gasteiger partial charge in [0, 0.05) is 38.0 Å². The molecule has 180 valence electrons. The Balaban J connectivity index is 1.16. The highest BCUT2D eigenvalue weighted by molar-refractivity contribution is 5.92. The van der Waals surface area contributed by atoms with Gasteiger partial charge in [-0.2, -0.15) is 5.10 Å². The number of nitrogens with zero attached hydrogens (tertiary/aromatic N) is 5. The van der Waals surface area contributed by atoms with Crippen LogP contribution in [0.3, 0.4) is 0 Å². The molecule has 1 fully saturated rings. The van der Waals surface area contributed by atoms with Crippen molar-refractivity contribution in [3.8, 4) is 11.6 Å². The number of piperidine rings is 1. The number of aromatic nitrogens is 2. The highest BCUT2D eigenvalue weighted by Gasteiger charge is 2.38.